The van der Waals surface area contributed by atoms with Crippen LogP contribution in [-0.4, -0.2) is 33.4 Å². The molecule has 0 aliphatic rings. The largest absolute Gasteiger partial charge is 0.309 e. The van der Waals surface area contributed by atoms with Gasteiger partial charge in [-0.3, -0.25) is 0 Å². The van der Waals surface area contributed by atoms with Crippen LogP contribution in [0.3, 0.4) is 0 Å². The Labute approximate surface area is 127 Å². The lowest BCUT2D eigenvalue weighted by molar-refractivity contribution is 0.415. The summed E-state index contributed by atoms with van der Waals surface area (Å²) in [5.41, 5.74) is 0.559. The highest BCUT2D eigenvalue weighted by Gasteiger charge is 2.19. The van der Waals surface area contributed by atoms with E-state index in [1.807, 2.05) is 20.8 Å². The molecule has 1 atom stereocenters. The smallest absolute Gasteiger partial charge is 0.242 e. The van der Waals surface area contributed by atoms with Crippen molar-refractivity contribution >= 4 is 10.0 Å². The van der Waals surface area contributed by atoms with Gasteiger partial charge in [0.25, 0.3) is 0 Å². The number of rotatable bonds is 6. The fourth-order valence-electron chi connectivity index (χ4n) is 1.70. The van der Waals surface area contributed by atoms with E-state index >= 15 is 0 Å². The van der Waals surface area contributed by atoms with Gasteiger partial charge in [0.15, 0.2) is 0 Å². The third-order valence-electron chi connectivity index (χ3n) is 3.31. The maximum Gasteiger partial charge on any atom is 0.242 e. The molecule has 1 aromatic carbocycles. The molecule has 1 unspecified atom stereocenters. The number of benzene rings is 1. The summed E-state index contributed by atoms with van der Waals surface area (Å²) >= 11 is 0. The molecule has 1 aromatic rings. The maximum atomic E-state index is 12.0. The molecule has 21 heavy (non-hydrogen) atoms. The Morgan fingerprint density at radius 3 is 2.24 bits per heavy atom. The van der Waals surface area contributed by atoms with Gasteiger partial charge in [-0.25, -0.2) is 12.7 Å². The first-order valence-corrected chi connectivity index (χ1v) is 8.21. The van der Waals surface area contributed by atoms with E-state index in [1.54, 1.807) is 24.3 Å². The lowest BCUT2D eigenvalue weighted by atomic mass is 9.95. The van der Waals surface area contributed by atoms with Crippen molar-refractivity contribution in [1.82, 2.24) is 9.62 Å². The second kappa shape index (κ2) is 6.56. The molecule has 0 aromatic heterocycles. The van der Waals surface area contributed by atoms with Crippen LogP contribution in [0.15, 0.2) is 29.2 Å². The molecule has 0 spiro atoms. The van der Waals surface area contributed by atoms with Crippen LogP contribution >= 0.6 is 0 Å². The van der Waals surface area contributed by atoms with Gasteiger partial charge in [0.05, 0.1) is 16.4 Å². The molecule has 0 fully saturated rings. The molecular weight excluding hydrogens is 286 g/mol. The van der Waals surface area contributed by atoms with Crippen LogP contribution in [0, 0.1) is 16.7 Å². The zero-order valence-corrected chi connectivity index (χ0v) is 14.0. The lowest BCUT2D eigenvalue weighted by Gasteiger charge is -2.21. The highest BCUT2D eigenvalue weighted by molar-refractivity contribution is 7.89. The quantitative estimate of drug-likeness (QED) is 0.873. The van der Waals surface area contributed by atoms with Crippen molar-refractivity contribution in [3.05, 3.63) is 29.8 Å². The number of nitriles is 1. The fourth-order valence-corrected chi connectivity index (χ4v) is 2.61. The normalized spacial score (nSPS) is 14.0. The Kier molecular flexibility index (Phi) is 5.51. The van der Waals surface area contributed by atoms with Gasteiger partial charge in [-0.15, -0.1) is 0 Å². The summed E-state index contributed by atoms with van der Waals surface area (Å²) in [5, 5.41) is 12.3. The summed E-state index contributed by atoms with van der Waals surface area (Å²) in [5.74, 6) is 0. The van der Waals surface area contributed by atoms with Crippen LogP contribution in [0.25, 0.3) is 0 Å². The molecule has 0 saturated carbocycles. The molecule has 0 aliphatic carbocycles. The number of sulfonamides is 1. The Morgan fingerprint density at radius 2 is 1.81 bits per heavy atom. The minimum absolute atomic E-state index is 0.0498. The summed E-state index contributed by atoms with van der Waals surface area (Å²) in [4.78, 5) is 0.279. The van der Waals surface area contributed by atoms with E-state index in [9.17, 15) is 8.42 Å². The van der Waals surface area contributed by atoms with Gasteiger partial charge < -0.3 is 5.32 Å². The average molecular weight is 309 g/mol. The summed E-state index contributed by atoms with van der Waals surface area (Å²) in [6, 6.07) is 9.11. The SMILES string of the molecule is CC(NCC(C)(C)C#N)c1ccc(S(=O)(=O)N(C)C)cc1. The third kappa shape index (κ3) is 4.53. The Morgan fingerprint density at radius 1 is 1.29 bits per heavy atom. The van der Waals surface area contributed by atoms with Crippen LogP contribution in [0.4, 0.5) is 0 Å². The highest BCUT2D eigenvalue weighted by Crippen LogP contribution is 2.19. The summed E-state index contributed by atoms with van der Waals surface area (Å²) < 4.78 is 25.2. The molecule has 0 saturated heterocycles. The van der Waals surface area contributed by atoms with Gasteiger partial charge in [-0.05, 0) is 38.5 Å². The number of nitrogens with one attached hydrogen (secondary N) is 1. The second-order valence-corrected chi connectivity index (χ2v) is 8.11. The van der Waals surface area contributed by atoms with Gasteiger partial charge in [-0.2, -0.15) is 5.26 Å². The van der Waals surface area contributed by atoms with Crippen molar-refractivity contribution in [1.29, 1.82) is 5.26 Å². The zero-order valence-electron chi connectivity index (χ0n) is 13.2. The van der Waals surface area contributed by atoms with Crippen molar-refractivity contribution in [2.45, 2.75) is 31.7 Å². The molecule has 0 bridgehead atoms. The second-order valence-electron chi connectivity index (χ2n) is 5.95. The van der Waals surface area contributed by atoms with Gasteiger partial charge in [0.1, 0.15) is 0 Å². The van der Waals surface area contributed by atoms with Crippen molar-refractivity contribution in [3.63, 3.8) is 0 Å². The molecule has 116 valence electrons. The van der Waals surface area contributed by atoms with Gasteiger partial charge in [-0.1, -0.05) is 12.1 Å². The topological polar surface area (TPSA) is 73.2 Å². The Balaban J connectivity index is 2.82. The molecule has 0 aliphatic heterocycles. The number of hydrogen-bond acceptors (Lipinski definition) is 4. The van der Waals surface area contributed by atoms with E-state index in [0.717, 1.165) is 5.56 Å². The molecule has 6 heteroatoms. The fraction of sp³-hybridized carbons (Fsp3) is 0.533. The molecule has 0 radical (unpaired) electrons. The van der Waals surface area contributed by atoms with Crippen molar-refractivity contribution in [3.8, 4) is 6.07 Å². The van der Waals surface area contributed by atoms with E-state index < -0.39 is 15.4 Å². The predicted octanol–water partition coefficient (Wildman–Crippen LogP) is 2.14. The first-order chi connectivity index (χ1) is 9.60. The van der Waals surface area contributed by atoms with Gasteiger partial charge >= 0.3 is 0 Å². The molecule has 1 rings (SSSR count). The van der Waals surface area contributed by atoms with Gasteiger partial charge in [0.2, 0.25) is 10.0 Å². The van der Waals surface area contributed by atoms with E-state index in [2.05, 4.69) is 11.4 Å². The van der Waals surface area contributed by atoms with Gasteiger partial charge in [0, 0.05) is 26.7 Å². The molecular formula is C15H23N3O2S. The molecule has 0 amide bonds. The molecule has 5 nitrogen and oxygen atoms in total. The van der Waals surface area contributed by atoms with Crippen molar-refractivity contribution in [2.24, 2.45) is 5.41 Å². The number of hydrogen-bond donors (Lipinski definition) is 1. The highest BCUT2D eigenvalue weighted by atomic mass is 32.2. The van der Waals surface area contributed by atoms with E-state index in [0.29, 0.717) is 6.54 Å². The summed E-state index contributed by atoms with van der Waals surface area (Å²) in [7, 11) is -0.366. The molecule has 0 heterocycles. The average Bonchev–Trinajstić information content (AvgIpc) is 2.44. The first kappa shape index (κ1) is 17.6. The standard InChI is InChI=1S/C15H23N3O2S/c1-12(17-11-15(2,3)10-16)13-6-8-14(9-7-13)21(19,20)18(4)5/h6-9,12,17H,11H2,1-5H3. The van der Waals surface area contributed by atoms with Crippen LogP contribution in [0.5, 0.6) is 0 Å². The predicted molar refractivity (Wildman–Crippen MR) is 83.1 cm³/mol. The van der Waals surface area contributed by atoms with Crippen LogP contribution in [0.2, 0.25) is 0 Å². The minimum Gasteiger partial charge on any atom is -0.309 e. The van der Waals surface area contributed by atoms with E-state index in [4.69, 9.17) is 5.26 Å². The zero-order chi connectivity index (χ0) is 16.3. The lowest BCUT2D eigenvalue weighted by Crippen LogP contribution is -2.30. The third-order valence-corrected chi connectivity index (χ3v) is 5.14. The first-order valence-electron chi connectivity index (χ1n) is 6.77. The van der Waals surface area contributed by atoms with Crippen LogP contribution in [-0.2, 0) is 10.0 Å². The van der Waals surface area contributed by atoms with E-state index in [-0.39, 0.29) is 10.9 Å². The van der Waals surface area contributed by atoms with Crippen molar-refractivity contribution in [2.75, 3.05) is 20.6 Å². The van der Waals surface area contributed by atoms with Crippen LogP contribution < -0.4 is 5.32 Å². The monoisotopic (exact) mass is 309 g/mol. The summed E-state index contributed by atoms with van der Waals surface area (Å²) in [6.07, 6.45) is 0. The Bertz CT molecular complexity index is 613. The summed E-state index contributed by atoms with van der Waals surface area (Å²) in [6.45, 7) is 6.31. The van der Waals surface area contributed by atoms with Crippen LogP contribution in [0.1, 0.15) is 32.4 Å². The van der Waals surface area contributed by atoms with Crippen molar-refractivity contribution < 1.29 is 8.42 Å². The Hall–Kier alpha value is -1.42. The maximum absolute atomic E-state index is 12.0. The molecule has 1 N–H and O–H groups in total. The number of nitrogens with zero attached hydrogens (tertiary/aromatic N) is 2. The van der Waals surface area contributed by atoms with E-state index in [1.165, 1.54) is 18.4 Å². The minimum atomic E-state index is -3.39.